The molecule has 0 radical (unpaired) electrons. The number of rotatable bonds is 5. The monoisotopic (exact) mass is 261 g/mol. The van der Waals surface area contributed by atoms with E-state index in [1.165, 1.54) is 6.20 Å². The van der Waals surface area contributed by atoms with E-state index in [2.05, 4.69) is 24.1 Å². The average Bonchev–Trinajstić information content (AvgIpc) is 2.41. The molecule has 0 saturated heterocycles. The fraction of sp³-hybridized carbons (Fsp3) is 0.467. The molecule has 0 aromatic carbocycles. The molecule has 4 nitrogen and oxygen atoms in total. The molecule has 0 bridgehead atoms. The van der Waals surface area contributed by atoms with Crippen LogP contribution >= 0.6 is 0 Å². The molecule has 0 fully saturated rings. The van der Waals surface area contributed by atoms with Crippen LogP contribution in [-0.4, -0.2) is 22.7 Å². The zero-order chi connectivity index (χ0) is 13.7. The summed E-state index contributed by atoms with van der Waals surface area (Å²) in [5.74, 6) is 0.204. The Morgan fingerprint density at radius 3 is 3.00 bits per heavy atom. The first-order valence-corrected chi connectivity index (χ1v) is 6.58. The van der Waals surface area contributed by atoms with Gasteiger partial charge in [0.1, 0.15) is 5.69 Å². The first-order valence-electron chi connectivity index (χ1n) is 6.58. The second kappa shape index (κ2) is 6.48. The van der Waals surface area contributed by atoms with E-state index in [1.807, 2.05) is 0 Å². The Balaban J connectivity index is 1.84. The minimum atomic E-state index is -1.01. The quantitative estimate of drug-likeness (QED) is 0.828. The van der Waals surface area contributed by atoms with Gasteiger partial charge in [-0.25, -0.2) is 9.78 Å². The minimum Gasteiger partial charge on any atom is -0.477 e. The van der Waals surface area contributed by atoms with E-state index < -0.39 is 5.97 Å². The number of hydrogen-bond donors (Lipinski definition) is 1. The van der Waals surface area contributed by atoms with Gasteiger partial charge in [0, 0.05) is 6.20 Å². The number of ether oxygens (including phenoxy) is 1. The molecule has 1 heterocycles. The van der Waals surface area contributed by atoms with Gasteiger partial charge in [-0.2, -0.15) is 0 Å². The topological polar surface area (TPSA) is 59.4 Å². The summed E-state index contributed by atoms with van der Waals surface area (Å²) in [6.45, 7) is 3.40. The number of pyridine rings is 1. The van der Waals surface area contributed by atoms with E-state index >= 15 is 0 Å². The lowest BCUT2D eigenvalue weighted by atomic mass is 9.85. The van der Waals surface area contributed by atoms with Crippen LogP contribution < -0.4 is 0 Å². The zero-order valence-electron chi connectivity index (χ0n) is 11.1. The second-order valence-electron chi connectivity index (χ2n) is 5.05. The first-order chi connectivity index (χ1) is 9.16. The number of nitrogens with zero attached hydrogens (tertiary/aromatic N) is 1. The third-order valence-corrected chi connectivity index (χ3v) is 3.56. The molecular weight excluding hydrogens is 242 g/mol. The number of hydrogen-bond acceptors (Lipinski definition) is 3. The third-order valence-electron chi connectivity index (χ3n) is 3.56. The summed E-state index contributed by atoms with van der Waals surface area (Å²) in [6, 6.07) is 3.35. The lowest BCUT2D eigenvalue weighted by Gasteiger charge is -2.24. The molecule has 0 saturated carbocycles. The van der Waals surface area contributed by atoms with Crippen molar-refractivity contribution < 1.29 is 14.6 Å². The number of allylic oxidation sites excluding steroid dienone is 2. The van der Waals surface area contributed by atoms with Crippen molar-refractivity contribution in [3.05, 3.63) is 41.7 Å². The molecule has 102 valence electrons. The van der Waals surface area contributed by atoms with Crippen LogP contribution in [0.2, 0.25) is 0 Å². The summed E-state index contributed by atoms with van der Waals surface area (Å²) in [5.41, 5.74) is 0.918. The predicted octanol–water partition coefficient (Wildman–Crippen LogP) is 2.90. The Labute approximate surface area is 113 Å². The second-order valence-corrected chi connectivity index (χ2v) is 5.05. The number of carboxylic acids is 1. The van der Waals surface area contributed by atoms with Gasteiger partial charge in [-0.3, -0.25) is 0 Å². The molecule has 1 aromatic heterocycles. The highest BCUT2D eigenvalue weighted by molar-refractivity contribution is 5.85. The third kappa shape index (κ3) is 3.89. The molecule has 2 rings (SSSR count). The van der Waals surface area contributed by atoms with Crippen LogP contribution in [0.4, 0.5) is 0 Å². The minimum absolute atomic E-state index is 0.0649. The lowest BCUT2D eigenvalue weighted by molar-refractivity contribution is 0.0668. The van der Waals surface area contributed by atoms with Gasteiger partial charge in [0.05, 0.1) is 13.2 Å². The number of aromatic nitrogens is 1. The fourth-order valence-corrected chi connectivity index (χ4v) is 2.25. The van der Waals surface area contributed by atoms with E-state index in [0.29, 0.717) is 18.4 Å². The highest BCUT2D eigenvalue weighted by atomic mass is 16.5. The molecule has 1 aliphatic carbocycles. The number of carbonyl (C=O) groups is 1. The molecule has 2 unspecified atom stereocenters. The van der Waals surface area contributed by atoms with E-state index in [-0.39, 0.29) is 5.69 Å². The molecule has 0 spiro atoms. The van der Waals surface area contributed by atoms with Crippen molar-refractivity contribution >= 4 is 5.97 Å². The summed E-state index contributed by atoms with van der Waals surface area (Å²) in [6.07, 6.45) is 8.13. The predicted molar refractivity (Wildman–Crippen MR) is 71.9 cm³/mol. The molecule has 1 aliphatic rings. The molecule has 19 heavy (non-hydrogen) atoms. The van der Waals surface area contributed by atoms with Crippen molar-refractivity contribution in [3.63, 3.8) is 0 Å². The highest BCUT2D eigenvalue weighted by Gasteiger charge is 2.18. The summed E-state index contributed by atoms with van der Waals surface area (Å²) >= 11 is 0. The van der Waals surface area contributed by atoms with Crippen molar-refractivity contribution in [2.75, 3.05) is 6.61 Å². The molecule has 0 aliphatic heterocycles. The van der Waals surface area contributed by atoms with Crippen LogP contribution in [0.15, 0.2) is 30.5 Å². The first kappa shape index (κ1) is 13.7. The van der Waals surface area contributed by atoms with Crippen molar-refractivity contribution in [2.24, 2.45) is 11.8 Å². The summed E-state index contributed by atoms with van der Waals surface area (Å²) in [7, 11) is 0. The van der Waals surface area contributed by atoms with Crippen molar-refractivity contribution in [1.82, 2.24) is 4.98 Å². The molecule has 1 N–H and O–H groups in total. The van der Waals surface area contributed by atoms with Crippen LogP contribution in [-0.2, 0) is 11.3 Å². The Kier molecular flexibility index (Phi) is 4.68. The lowest BCUT2D eigenvalue weighted by Crippen LogP contribution is -2.19. The van der Waals surface area contributed by atoms with Crippen molar-refractivity contribution in [2.45, 2.75) is 26.4 Å². The van der Waals surface area contributed by atoms with Crippen LogP contribution in [0.1, 0.15) is 35.8 Å². The van der Waals surface area contributed by atoms with Gasteiger partial charge < -0.3 is 9.84 Å². The maximum Gasteiger partial charge on any atom is 0.354 e. The van der Waals surface area contributed by atoms with E-state index in [9.17, 15) is 4.79 Å². The van der Waals surface area contributed by atoms with Gasteiger partial charge in [-0.05, 0) is 42.4 Å². The van der Waals surface area contributed by atoms with Crippen molar-refractivity contribution in [3.8, 4) is 0 Å². The van der Waals surface area contributed by atoms with Gasteiger partial charge in [0.25, 0.3) is 0 Å². The summed E-state index contributed by atoms with van der Waals surface area (Å²) < 4.78 is 5.71. The zero-order valence-corrected chi connectivity index (χ0v) is 11.1. The van der Waals surface area contributed by atoms with Crippen LogP contribution in [0.25, 0.3) is 0 Å². The molecule has 0 amide bonds. The van der Waals surface area contributed by atoms with Gasteiger partial charge in [-0.15, -0.1) is 0 Å². The Bertz CT molecular complexity index is 470. The Hall–Kier alpha value is -1.68. The molecule has 1 aromatic rings. The normalized spacial score (nSPS) is 22.4. The maximum atomic E-state index is 10.8. The molecule has 2 atom stereocenters. The van der Waals surface area contributed by atoms with E-state index in [4.69, 9.17) is 9.84 Å². The largest absolute Gasteiger partial charge is 0.477 e. The smallest absolute Gasteiger partial charge is 0.354 e. The summed E-state index contributed by atoms with van der Waals surface area (Å²) in [4.78, 5) is 14.6. The van der Waals surface area contributed by atoms with E-state index in [0.717, 1.165) is 25.0 Å². The summed E-state index contributed by atoms with van der Waals surface area (Å²) in [5, 5.41) is 8.86. The molecule has 4 heteroatoms. The fourth-order valence-electron chi connectivity index (χ4n) is 2.25. The van der Waals surface area contributed by atoms with Crippen molar-refractivity contribution in [1.29, 1.82) is 0 Å². The van der Waals surface area contributed by atoms with Gasteiger partial charge >= 0.3 is 5.97 Å². The maximum absolute atomic E-state index is 10.8. The van der Waals surface area contributed by atoms with E-state index in [1.54, 1.807) is 12.1 Å². The average molecular weight is 261 g/mol. The number of carboxylic acid groups (broad SMARTS) is 1. The van der Waals surface area contributed by atoms with Crippen LogP contribution in [0.5, 0.6) is 0 Å². The van der Waals surface area contributed by atoms with Crippen LogP contribution in [0.3, 0.4) is 0 Å². The highest BCUT2D eigenvalue weighted by Crippen LogP contribution is 2.25. The SMILES string of the molecule is CC1CC=CCC1COCc1ccnc(C(=O)O)c1. The van der Waals surface area contributed by atoms with Gasteiger partial charge in [0.2, 0.25) is 0 Å². The van der Waals surface area contributed by atoms with Gasteiger partial charge in [-0.1, -0.05) is 19.1 Å². The Morgan fingerprint density at radius 1 is 1.47 bits per heavy atom. The Morgan fingerprint density at radius 2 is 2.26 bits per heavy atom. The standard InChI is InChI=1S/C15H19NO3/c1-11-4-2-3-5-13(11)10-19-9-12-6-7-16-14(8-12)15(17)18/h2-3,6-8,11,13H,4-5,9-10H2,1H3,(H,17,18). The molecular formula is C15H19NO3. The van der Waals surface area contributed by atoms with Gasteiger partial charge in [0.15, 0.2) is 0 Å². The van der Waals surface area contributed by atoms with Crippen LogP contribution in [0, 0.1) is 11.8 Å². The number of aromatic carboxylic acids is 1.